The van der Waals surface area contributed by atoms with E-state index in [1.54, 1.807) is 24.4 Å². The molecule has 0 saturated heterocycles. The minimum absolute atomic E-state index is 0.224. The highest BCUT2D eigenvalue weighted by molar-refractivity contribution is 5.80. The molecule has 0 spiro atoms. The van der Waals surface area contributed by atoms with Crippen LogP contribution in [0.1, 0.15) is 43.5 Å². The number of H-pyrrole nitrogens is 1. The molecule has 0 aliphatic heterocycles. The van der Waals surface area contributed by atoms with E-state index < -0.39 is 0 Å². The van der Waals surface area contributed by atoms with Gasteiger partial charge in [-0.2, -0.15) is 0 Å². The van der Waals surface area contributed by atoms with Gasteiger partial charge in [0, 0.05) is 41.5 Å². The Bertz CT molecular complexity index is 1120. The van der Waals surface area contributed by atoms with E-state index >= 15 is 0 Å². The number of halogens is 1. The van der Waals surface area contributed by atoms with Gasteiger partial charge in [0.1, 0.15) is 5.82 Å². The number of rotatable bonds is 8. The first-order chi connectivity index (χ1) is 15.6. The van der Waals surface area contributed by atoms with Crippen molar-refractivity contribution in [2.24, 2.45) is 0 Å². The van der Waals surface area contributed by atoms with E-state index in [-0.39, 0.29) is 5.82 Å². The summed E-state index contributed by atoms with van der Waals surface area (Å²) < 4.78 is 13.4. The van der Waals surface area contributed by atoms with Crippen LogP contribution in [0.15, 0.2) is 67.5 Å². The van der Waals surface area contributed by atoms with Gasteiger partial charge in [-0.25, -0.2) is 14.4 Å². The molecule has 1 fully saturated rings. The van der Waals surface area contributed by atoms with Crippen molar-refractivity contribution in [2.45, 2.75) is 44.7 Å². The molecule has 0 atom stereocenters. The zero-order chi connectivity index (χ0) is 22.3. The Balaban J connectivity index is 1.44. The molecule has 1 aromatic carbocycles. The number of anilines is 1. The van der Waals surface area contributed by atoms with E-state index in [0.717, 1.165) is 27.9 Å². The second-order valence-corrected chi connectivity index (χ2v) is 8.36. The normalized spacial score (nSPS) is 15.4. The molecule has 5 nitrogen and oxygen atoms in total. The van der Waals surface area contributed by atoms with Crippen molar-refractivity contribution < 1.29 is 4.39 Å². The van der Waals surface area contributed by atoms with Crippen LogP contribution in [0.4, 0.5) is 10.3 Å². The fraction of sp³-hybridized carbons (Fsp3) is 0.308. The van der Waals surface area contributed by atoms with Crippen molar-refractivity contribution in [3.8, 4) is 0 Å². The predicted molar refractivity (Wildman–Crippen MR) is 130 cm³/mol. The number of nitrogens with one attached hydrogen (secondary N) is 2. The summed E-state index contributed by atoms with van der Waals surface area (Å²) in [5, 5.41) is 4.37. The first kappa shape index (κ1) is 21.8. The molecular formula is C26H30FN5. The van der Waals surface area contributed by atoms with Crippen molar-refractivity contribution in [2.75, 3.05) is 12.4 Å². The molecule has 166 valence electrons. The van der Waals surface area contributed by atoms with E-state index in [2.05, 4.69) is 26.8 Å². The summed E-state index contributed by atoms with van der Waals surface area (Å²) in [6, 6.07) is 9.14. The smallest absolute Gasteiger partial charge is 0.223 e. The molecule has 0 radical (unpaired) electrons. The first-order valence-corrected chi connectivity index (χ1v) is 11.2. The minimum Gasteiger partial charge on any atom is -0.375 e. The summed E-state index contributed by atoms with van der Waals surface area (Å²) in [6.07, 6.45) is 15.7. The van der Waals surface area contributed by atoms with Crippen LogP contribution in [0.3, 0.4) is 0 Å². The van der Waals surface area contributed by atoms with E-state index in [0.29, 0.717) is 18.5 Å². The summed E-state index contributed by atoms with van der Waals surface area (Å²) in [7, 11) is 2.00. The average molecular weight is 432 g/mol. The molecule has 0 unspecified atom stereocenters. The number of hydrogen-bond acceptors (Lipinski definition) is 4. The highest BCUT2D eigenvalue weighted by Crippen LogP contribution is 2.22. The summed E-state index contributed by atoms with van der Waals surface area (Å²) in [5.74, 6) is 0.453. The van der Waals surface area contributed by atoms with Gasteiger partial charge in [0.2, 0.25) is 5.95 Å². The zero-order valence-electron chi connectivity index (χ0n) is 18.5. The molecule has 1 aliphatic carbocycles. The SMILES string of the molecule is C=C/C=C(\C=C/N(C)Cc1cc2cc(F)ccc2[nH]1)c1ccnc(NC2CCCCC2)n1. The number of hydrogen-bond donors (Lipinski definition) is 2. The van der Waals surface area contributed by atoms with Crippen LogP contribution in [0.25, 0.3) is 16.5 Å². The summed E-state index contributed by atoms with van der Waals surface area (Å²) in [5.41, 5.74) is 3.77. The molecule has 2 heterocycles. The maximum atomic E-state index is 13.4. The van der Waals surface area contributed by atoms with Crippen molar-refractivity contribution >= 4 is 22.4 Å². The minimum atomic E-state index is -0.224. The number of aromatic amines is 1. The molecule has 4 rings (SSSR count). The lowest BCUT2D eigenvalue weighted by Crippen LogP contribution is -2.23. The Hall–Kier alpha value is -3.41. The third-order valence-electron chi connectivity index (χ3n) is 5.75. The Kier molecular flexibility index (Phi) is 7.00. The van der Waals surface area contributed by atoms with E-state index in [4.69, 9.17) is 4.98 Å². The van der Waals surface area contributed by atoms with Crippen molar-refractivity contribution in [1.29, 1.82) is 0 Å². The molecule has 2 aromatic heterocycles. The number of aromatic nitrogens is 3. The van der Waals surface area contributed by atoms with Gasteiger partial charge in [0.25, 0.3) is 0 Å². The van der Waals surface area contributed by atoms with Gasteiger partial charge in [-0.1, -0.05) is 38.0 Å². The molecule has 3 aromatic rings. The fourth-order valence-electron chi connectivity index (χ4n) is 4.15. The zero-order valence-corrected chi connectivity index (χ0v) is 18.5. The number of fused-ring (bicyclic) bond motifs is 1. The molecular weight excluding hydrogens is 401 g/mol. The lowest BCUT2D eigenvalue weighted by Gasteiger charge is -2.22. The number of nitrogens with zero attached hydrogens (tertiary/aromatic N) is 3. The lowest BCUT2D eigenvalue weighted by atomic mass is 9.96. The molecule has 32 heavy (non-hydrogen) atoms. The van der Waals surface area contributed by atoms with E-state index in [9.17, 15) is 4.39 Å². The lowest BCUT2D eigenvalue weighted by molar-refractivity contribution is 0.446. The number of benzene rings is 1. The van der Waals surface area contributed by atoms with Crippen LogP contribution < -0.4 is 5.32 Å². The molecule has 0 amide bonds. The maximum absolute atomic E-state index is 13.4. The monoisotopic (exact) mass is 431 g/mol. The van der Waals surface area contributed by atoms with Gasteiger partial charge >= 0.3 is 0 Å². The van der Waals surface area contributed by atoms with Gasteiger partial charge in [-0.05, 0) is 55.4 Å². The standard InChI is InChI=1S/C26H30FN5/c1-3-7-19(25-12-14-28-26(31-25)30-22-8-5-4-6-9-22)13-15-32(2)18-23-17-20-16-21(27)10-11-24(20)29-23/h3,7,10-17,22,29H,1,4-6,8-9,18H2,2H3,(H,28,30,31)/b15-13-,19-7+. The van der Waals surface area contributed by atoms with Crippen LogP contribution in [0, 0.1) is 5.82 Å². The molecule has 6 heteroatoms. The van der Waals surface area contributed by atoms with Gasteiger partial charge in [0.05, 0.1) is 12.2 Å². The third-order valence-corrected chi connectivity index (χ3v) is 5.75. The van der Waals surface area contributed by atoms with Crippen LogP contribution in [-0.2, 0) is 6.54 Å². The Morgan fingerprint density at radius 3 is 2.91 bits per heavy atom. The highest BCUT2D eigenvalue weighted by atomic mass is 19.1. The predicted octanol–water partition coefficient (Wildman–Crippen LogP) is 6.06. The Labute approximate surface area is 188 Å². The third kappa shape index (κ3) is 5.63. The van der Waals surface area contributed by atoms with Crippen LogP contribution in [0.2, 0.25) is 0 Å². The fourth-order valence-corrected chi connectivity index (χ4v) is 4.15. The van der Waals surface area contributed by atoms with Gasteiger partial charge in [-0.3, -0.25) is 0 Å². The second-order valence-electron chi connectivity index (χ2n) is 8.36. The van der Waals surface area contributed by atoms with E-state index in [1.165, 1.54) is 38.2 Å². The summed E-state index contributed by atoms with van der Waals surface area (Å²) in [4.78, 5) is 14.6. The van der Waals surface area contributed by atoms with Crippen LogP contribution >= 0.6 is 0 Å². The maximum Gasteiger partial charge on any atom is 0.223 e. The van der Waals surface area contributed by atoms with Crippen molar-refractivity contribution in [3.63, 3.8) is 0 Å². The first-order valence-electron chi connectivity index (χ1n) is 11.2. The van der Waals surface area contributed by atoms with Crippen LogP contribution in [-0.4, -0.2) is 32.9 Å². The van der Waals surface area contributed by atoms with Gasteiger partial charge < -0.3 is 15.2 Å². The summed E-state index contributed by atoms with van der Waals surface area (Å²) in [6.45, 7) is 4.52. The Morgan fingerprint density at radius 2 is 2.09 bits per heavy atom. The number of allylic oxidation sites excluding steroid dienone is 4. The summed E-state index contributed by atoms with van der Waals surface area (Å²) >= 11 is 0. The van der Waals surface area contributed by atoms with Gasteiger partial charge in [0.15, 0.2) is 0 Å². The molecule has 1 aliphatic rings. The largest absolute Gasteiger partial charge is 0.375 e. The molecule has 1 saturated carbocycles. The van der Waals surface area contributed by atoms with Gasteiger partial charge in [-0.15, -0.1) is 0 Å². The second kappa shape index (κ2) is 10.3. The topological polar surface area (TPSA) is 56.8 Å². The van der Waals surface area contributed by atoms with Crippen molar-refractivity contribution in [3.05, 3.63) is 84.7 Å². The molecule has 2 N–H and O–H groups in total. The quantitative estimate of drug-likeness (QED) is 0.426. The van der Waals surface area contributed by atoms with Crippen molar-refractivity contribution in [1.82, 2.24) is 19.9 Å². The average Bonchev–Trinajstić information content (AvgIpc) is 3.18. The Morgan fingerprint density at radius 1 is 1.25 bits per heavy atom. The molecule has 0 bridgehead atoms. The highest BCUT2D eigenvalue weighted by Gasteiger charge is 2.14. The van der Waals surface area contributed by atoms with E-state index in [1.807, 2.05) is 37.5 Å². The van der Waals surface area contributed by atoms with Crippen LogP contribution in [0.5, 0.6) is 0 Å².